The number of amidine groups is 2. The molecule has 4 aromatic carbocycles. The van der Waals surface area contributed by atoms with E-state index in [9.17, 15) is 67.2 Å². The molecule has 4 aliphatic rings. The summed E-state index contributed by atoms with van der Waals surface area (Å²) >= 11 is 0. The van der Waals surface area contributed by atoms with Gasteiger partial charge in [-0.05, 0) is 177 Å². The largest absolute Gasteiger partial charge is 0.493 e. The Morgan fingerprint density at radius 1 is 0.628 bits per heavy atom. The molecular weight excluding hydrogens is 1300 g/mol. The molecule has 20 nitrogen and oxygen atoms in total. The zero-order valence-electron chi connectivity index (χ0n) is 52.9. The summed E-state index contributed by atoms with van der Waals surface area (Å²) in [4.78, 5) is 73.8. The van der Waals surface area contributed by atoms with E-state index in [0.717, 1.165) is 35.4 Å². The van der Waals surface area contributed by atoms with Crippen LogP contribution >= 0.6 is 12.4 Å². The van der Waals surface area contributed by atoms with Crippen LogP contribution in [-0.4, -0.2) is 150 Å². The van der Waals surface area contributed by atoms with E-state index in [1.165, 1.54) is 32.9 Å². The first-order valence-corrected chi connectivity index (χ1v) is 32.7. The number of carboxylic acids is 1. The van der Waals surface area contributed by atoms with E-state index in [2.05, 4.69) is 27.1 Å². The third kappa shape index (κ3) is 18.7. The van der Waals surface area contributed by atoms with Crippen molar-refractivity contribution < 1.29 is 91.2 Å². The first-order valence-electron chi connectivity index (χ1n) is 29.5. The fourth-order valence-corrected chi connectivity index (χ4v) is 13.5. The number of nitrogens with one attached hydrogen (secondary N) is 1. The van der Waals surface area contributed by atoms with Crippen LogP contribution in [0.1, 0.15) is 145 Å². The summed E-state index contributed by atoms with van der Waals surface area (Å²) in [5.74, 6) is 0.633. The number of ether oxygens (including phenoxy) is 4. The number of halogens is 7. The zero-order chi connectivity index (χ0) is 68.9. The van der Waals surface area contributed by atoms with Crippen molar-refractivity contribution in [2.24, 2.45) is 9.98 Å². The normalized spacial score (nSPS) is 16.7. The molecule has 4 heterocycles. The molecule has 94 heavy (non-hydrogen) atoms. The van der Waals surface area contributed by atoms with Crippen LogP contribution in [0.5, 0.6) is 11.5 Å². The molecule has 4 aromatic rings. The summed E-state index contributed by atoms with van der Waals surface area (Å²) in [6, 6.07) is 15.3. The maximum Gasteiger partial charge on any atom is 0.423 e. The molecule has 2 N–H and O–H groups in total. The molecule has 0 radical (unpaired) electrons. The maximum atomic E-state index is 14.1. The number of aryl methyl sites for hydroxylation is 4. The van der Waals surface area contributed by atoms with E-state index < -0.39 is 95.7 Å². The Kier molecular flexibility index (Phi) is 23.4. The molecule has 2 spiro atoms. The number of carbonyl (C=O) groups excluding carboxylic acids is 4. The molecule has 8 rings (SSSR count). The van der Waals surface area contributed by atoms with Crippen LogP contribution < -0.4 is 14.8 Å². The van der Waals surface area contributed by atoms with Crippen LogP contribution in [0.3, 0.4) is 0 Å². The number of hydrogen-bond acceptors (Lipinski definition) is 15. The number of alkyl halides is 6. The van der Waals surface area contributed by atoms with E-state index in [-0.39, 0.29) is 155 Å². The number of carboxylic acid groups (broad SMARTS) is 1. The Balaban J connectivity index is 0.000000303. The SMILES string of the molecule is C#CCCOc1cc(C2=NC3(CCN(S(=O)(=O)CCc4ccc(C(=O)O)cc4C)CC3)C(=O)N2)cc(C(F)(F)F)c1.C#CCCOc1cc(C2=NC3(CCN(S(=O)(=O)CCc4ccc(C(=O)OC(C)(C)C)cc4C)CC3)C(=O)N2C(=O)OC(C)(C)C)cc(C(F)(F)F)c1.Cl. The molecule has 29 heteroatoms. The second-order valence-electron chi connectivity index (χ2n) is 24.6. The predicted molar refractivity (Wildman–Crippen MR) is 339 cm³/mol. The lowest BCUT2D eigenvalue weighted by Gasteiger charge is -2.35. The minimum Gasteiger partial charge on any atom is -0.493 e. The van der Waals surface area contributed by atoms with Crippen molar-refractivity contribution in [2.45, 2.75) is 141 Å². The molecule has 0 unspecified atom stereocenters. The average molecular weight is 1380 g/mol. The first kappa shape index (κ1) is 75.0. The number of aromatic carboxylic acids is 1. The van der Waals surface area contributed by atoms with Crippen molar-refractivity contribution in [2.75, 3.05) is 50.9 Å². The van der Waals surface area contributed by atoms with Gasteiger partial charge in [0, 0.05) is 50.1 Å². The van der Waals surface area contributed by atoms with E-state index in [4.69, 9.17) is 36.9 Å². The molecule has 0 saturated carbocycles. The monoisotopic (exact) mass is 1370 g/mol. The molecule has 3 amide bonds. The van der Waals surface area contributed by atoms with Gasteiger partial charge in [-0.25, -0.2) is 39.8 Å². The van der Waals surface area contributed by atoms with Gasteiger partial charge in [0.05, 0.1) is 47.0 Å². The summed E-state index contributed by atoms with van der Waals surface area (Å²) in [6.45, 7) is 13.2. The molecule has 0 aliphatic carbocycles. The van der Waals surface area contributed by atoms with Crippen LogP contribution in [0.15, 0.2) is 82.8 Å². The Morgan fingerprint density at radius 3 is 1.50 bits per heavy atom. The van der Waals surface area contributed by atoms with Gasteiger partial charge in [0.15, 0.2) is 0 Å². The van der Waals surface area contributed by atoms with Crippen molar-refractivity contribution >= 4 is 74.0 Å². The van der Waals surface area contributed by atoms with Crippen molar-refractivity contribution in [3.05, 3.63) is 128 Å². The van der Waals surface area contributed by atoms with Gasteiger partial charge in [-0.15, -0.1) is 37.1 Å². The Bertz CT molecular complexity index is 3950. The predicted octanol–water partition coefficient (Wildman–Crippen LogP) is 10.1. The van der Waals surface area contributed by atoms with Gasteiger partial charge >= 0.3 is 30.4 Å². The van der Waals surface area contributed by atoms with Crippen LogP contribution in [0.25, 0.3) is 0 Å². The van der Waals surface area contributed by atoms with Crippen LogP contribution in [0.4, 0.5) is 31.1 Å². The Morgan fingerprint density at radius 2 is 1.06 bits per heavy atom. The van der Waals surface area contributed by atoms with Gasteiger partial charge in [0.2, 0.25) is 20.0 Å². The van der Waals surface area contributed by atoms with Crippen molar-refractivity contribution in [3.63, 3.8) is 0 Å². The quantitative estimate of drug-likeness (QED) is 0.0407. The van der Waals surface area contributed by atoms with Gasteiger partial charge in [0.25, 0.3) is 11.8 Å². The number of imide groups is 1. The van der Waals surface area contributed by atoms with Gasteiger partial charge in [-0.1, -0.05) is 12.1 Å². The lowest BCUT2D eigenvalue weighted by atomic mass is 9.88. The number of sulfonamides is 2. The molecule has 0 atom stereocenters. The summed E-state index contributed by atoms with van der Waals surface area (Å²) < 4.78 is 160. The summed E-state index contributed by atoms with van der Waals surface area (Å²) in [5, 5.41) is 11.7. The van der Waals surface area contributed by atoms with Gasteiger partial charge in [-0.3, -0.25) is 19.6 Å². The zero-order valence-corrected chi connectivity index (χ0v) is 55.3. The smallest absolute Gasteiger partial charge is 0.423 e. The highest BCUT2D eigenvalue weighted by atomic mass is 35.5. The lowest BCUT2D eigenvalue weighted by molar-refractivity contribution is -0.138. The molecule has 2 saturated heterocycles. The van der Waals surface area contributed by atoms with E-state index >= 15 is 0 Å². The van der Waals surface area contributed by atoms with Crippen LogP contribution in [0, 0.1) is 38.5 Å². The number of piperidine rings is 2. The van der Waals surface area contributed by atoms with Crippen molar-refractivity contribution in [3.8, 4) is 36.2 Å². The van der Waals surface area contributed by atoms with E-state index in [0.29, 0.717) is 21.6 Å². The van der Waals surface area contributed by atoms with Crippen LogP contribution in [-0.2, 0) is 64.3 Å². The molecule has 4 aliphatic heterocycles. The highest BCUT2D eigenvalue weighted by molar-refractivity contribution is 7.89. The average Bonchev–Trinajstić information content (AvgIpc) is 1.59. The fourth-order valence-electron chi connectivity index (χ4n) is 10.6. The first-order chi connectivity index (χ1) is 43.2. The maximum absolute atomic E-state index is 14.1. The summed E-state index contributed by atoms with van der Waals surface area (Å²) in [6.07, 6.45) is 0.305. The van der Waals surface area contributed by atoms with E-state index in [1.54, 1.807) is 79.7 Å². The van der Waals surface area contributed by atoms with Crippen molar-refractivity contribution in [1.82, 2.24) is 18.8 Å². The number of aliphatic imine (C=N–C) groups is 2. The molecule has 0 aromatic heterocycles. The van der Waals surface area contributed by atoms with E-state index in [1.807, 2.05) is 0 Å². The highest BCUT2D eigenvalue weighted by Gasteiger charge is 2.55. The standard InChI is InChI=1S/C37H44F3N3O8S.C28H28F3N3O6S.ClH/c1-9-10-18-49-29-22-27(21-28(23-29)37(38,39)40)30-41-36(32(45)43(30)33(46)51-35(6,7)8)14-16-42(17-15-36)52(47,48)19-13-25-11-12-26(20-24(25)2)31(44)50-34(3,4)5;1-3-4-12-40-23-16-21(15-22(17-23)28(29,30)31)24-32-26(37)27(33-24)8-10-34(11-9-27)41(38,39)13-7-19-5-6-20(25(35)36)14-18(19)2;/h1,11-12,20-23H,10,13-19H2,2-8H3;1,5-6,14-17H,4,7-13H2,2H3,(H,35,36)(H,32,33,37);1H. The number of hydrogen-bond donors (Lipinski definition) is 2. The topological polar surface area (TPSA) is 257 Å². The second kappa shape index (κ2) is 29.3. The summed E-state index contributed by atoms with van der Waals surface area (Å²) in [5.41, 5.74) is -3.68. The summed E-state index contributed by atoms with van der Waals surface area (Å²) in [7, 11) is -7.56. The fraction of sp³-hybridized carbons (Fsp3) is 0.462. The number of carbonyl (C=O) groups is 5. The number of rotatable bonds is 18. The van der Waals surface area contributed by atoms with Gasteiger partial charge < -0.3 is 29.4 Å². The number of esters is 1. The number of terminal acetylenes is 2. The number of benzene rings is 4. The third-order valence-corrected chi connectivity index (χ3v) is 19.2. The van der Waals surface area contributed by atoms with Gasteiger partial charge in [0.1, 0.15) is 45.5 Å². The number of amides is 3. The second-order valence-corrected chi connectivity index (χ2v) is 28.8. The number of nitrogens with zero attached hydrogens (tertiary/aromatic N) is 5. The molecule has 2 fully saturated rings. The highest BCUT2D eigenvalue weighted by Crippen LogP contribution is 2.41. The van der Waals surface area contributed by atoms with Crippen molar-refractivity contribution in [1.29, 1.82) is 0 Å². The van der Waals surface area contributed by atoms with Gasteiger partial charge in [-0.2, -0.15) is 31.2 Å². The lowest BCUT2D eigenvalue weighted by Crippen LogP contribution is -2.53. The minimum atomic E-state index is -4.81. The van der Waals surface area contributed by atoms with Crippen LogP contribution in [0.2, 0.25) is 0 Å². The molecule has 508 valence electrons. The third-order valence-electron chi connectivity index (χ3n) is 15.4. The molecule has 0 bridgehead atoms. The molecular formula is C65H73ClF6N6O14S2. The Hall–Kier alpha value is -8.02. The minimum absolute atomic E-state index is 0. The Labute approximate surface area is 548 Å².